The maximum Gasteiger partial charge on any atom is 0.224 e. The third kappa shape index (κ3) is 4.90. The standard InChI is InChI=1S/C21H28F3N3O3S/c22-17-11-19(24)18(23)9-12(17)10-20(25)13-7-14-1-2-15(8-13)27(14)21(28)5-6-26-31(29,30)16-3-4-16/h9,11,13-16,20,26H,1-8,10,25H2/t13-,14-,15+,20-/m1/s1. The van der Waals surface area contributed by atoms with E-state index < -0.39 is 33.5 Å². The van der Waals surface area contributed by atoms with Crippen LogP contribution in [0.4, 0.5) is 13.2 Å². The maximum absolute atomic E-state index is 14.0. The van der Waals surface area contributed by atoms with Crippen LogP contribution in [0.15, 0.2) is 12.1 Å². The van der Waals surface area contributed by atoms with Gasteiger partial charge in [-0.25, -0.2) is 26.3 Å². The van der Waals surface area contributed by atoms with Crippen molar-refractivity contribution in [2.24, 2.45) is 11.7 Å². The molecule has 31 heavy (non-hydrogen) atoms. The molecular formula is C21H28F3N3O3S. The van der Waals surface area contributed by atoms with Crippen molar-refractivity contribution in [1.82, 2.24) is 9.62 Å². The van der Waals surface area contributed by atoms with Crippen LogP contribution in [-0.4, -0.2) is 49.1 Å². The first-order valence-electron chi connectivity index (χ1n) is 10.8. The highest BCUT2D eigenvalue weighted by Gasteiger charge is 2.44. The highest BCUT2D eigenvalue weighted by molar-refractivity contribution is 7.90. The lowest BCUT2D eigenvalue weighted by atomic mass is 9.82. The van der Waals surface area contributed by atoms with Crippen LogP contribution < -0.4 is 10.5 Å². The summed E-state index contributed by atoms with van der Waals surface area (Å²) >= 11 is 0. The SMILES string of the molecule is N[C@H](Cc1cc(F)c(F)cc1F)[C@@H]1C[C@H]2CC[C@@H](C1)N2C(=O)CCNS(=O)(=O)C1CC1. The number of nitrogens with two attached hydrogens (primary N) is 1. The van der Waals surface area contributed by atoms with Gasteiger partial charge in [-0.2, -0.15) is 0 Å². The highest BCUT2D eigenvalue weighted by Crippen LogP contribution is 2.40. The number of carbonyl (C=O) groups is 1. The molecule has 10 heteroatoms. The van der Waals surface area contributed by atoms with Gasteiger partial charge in [0.1, 0.15) is 5.82 Å². The summed E-state index contributed by atoms with van der Waals surface area (Å²) in [6.45, 7) is 0.103. The lowest BCUT2D eigenvalue weighted by molar-refractivity contribution is -0.136. The maximum atomic E-state index is 14.0. The van der Waals surface area contributed by atoms with Gasteiger partial charge in [0.2, 0.25) is 15.9 Å². The average Bonchev–Trinajstić information content (AvgIpc) is 3.52. The third-order valence-corrected chi connectivity index (χ3v) is 8.77. The van der Waals surface area contributed by atoms with Gasteiger partial charge in [0.15, 0.2) is 11.6 Å². The van der Waals surface area contributed by atoms with Gasteiger partial charge in [0.25, 0.3) is 0 Å². The van der Waals surface area contributed by atoms with Crippen LogP contribution in [0, 0.1) is 23.4 Å². The molecule has 172 valence electrons. The van der Waals surface area contributed by atoms with Gasteiger partial charge in [-0.1, -0.05) is 0 Å². The minimum atomic E-state index is -3.30. The number of hydrogen-bond donors (Lipinski definition) is 2. The Morgan fingerprint density at radius 2 is 1.68 bits per heavy atom. The van der Waals surface area contributed by atoms with Crippen LogP contribution in [0.3, 0.4) is 0 Å². The molecule has 0 unspecified atom stereocenters. The van der Waals surface area contributed by atoms with E-state index in [1.165, 1.54) is 0 Å². The molecule has 2 heterocycles. The van der Waals surface area contributed by atoms with Crippen molar-refractivity contribution in [1.29, 1.82) is 0 Å². The molecule has 1 amide bonds. The summed E-state index contributed by atoms with van der Waals surface area (Å²) in [5.74, 6) is -3.15. The first-order chi connectivity index (χ1) is 14.7. The number of nitrogens with one attached hydrogen (secondary N) is 1. The summed E-state index contributed by atoms with van der Waals surface area (Å²) in [6, 6.07) is 1.03. The monoisotopic (exact) mass is 459 g/mol. The number of benzene rings is 1. The van der Waals surface area contributed by atoms with E-state index in [-0.39, 0.29) is 54.1 Å². The van der Waals surface area contributed by atoms with E-state index in [0.717, 1.165) is 18.9 Å². The Hall–Kier alpha value is -1.65. The van der Waals surface area contributed by atoms with Gasteiger partial charge in [0, 0.05) is 37.2 Å². The van der Waals surface area contributed by atoms with Crippen molar-refractivity contribution >= 4 is 15.9 Å². The molecule has 1 saturated carbocycles. The Morgan fingerprint density at radius 3 is 2.29 bits per heavy atom. The van der Waals surface area contributed by atoms with Crippen molar-refractivity contribution < 1.29 is 26.4 Å². The van der Waals surface area contributed by atoms with Crippen LogP contribution in [0.2, 0.25) is 0 Å². The van der Waals surface area contributed by atoms with Crippen LogP contribution in [0.25, 0.3) is 0 Å². The summed E-state index contributed by atoms with van der Waals surface area (Å²) in [5, 5.41) is -0.310. The van der Waals surface area contributed by atoms with Crippen molar-refractivity contribution in [3.05, 3.63) is 35.1 Å². The van der Waals surface area contributed by atoms with E-state index in [1.807, 2.05) is 4.90 Å². The molecule has 1 aromatic carbocycles. The molecular weight excluding hydrogens is 431 g/mol. The number of carbonyl (C=O) groups excluding carboxylic acids is 1. The fourth-order valence-corrected chi connectivity index (χ4v) is 6.42. The minimum absolute atomic E-state index is 0.0251. The number of rotatable bonds is 8. The summed E-state index contributed by atoms with van der Waals surface area (Å²) in [4.78, 5) is 14.6. The number of hydrogen-bond acceptors (Lipinski definition) is 4. The second-order valence-electron chi connectivity index (χ2n) is 9.03. The normalized spacial score (nSPS) is 26.8. The molecule has 2 bridgehead atoms. The van der Waals surface area contributed by atoms with E-state index in [0.29, 0.717) is 31.7 Å². The lowest BCUT2D eigenvalue weighted by Crippen LogP contribution is -2.50. The average molecular weight is 460 g/mol. The number of sulfonamides is 1. The molecule has 0 spiro atoms. The van der Waals surface area contributed by atoms with Crippen LogP contribution in [0.5, 0.6) is 0 Å². The summed E-state index contributed by atoms with van der Waals surface area (Å²) in [5.41, 5.74) is 6.37. The Balaban J connectivity index is 1.32. The number of amides is 1. The Kier molecular flexibility index (Phi) is 6.33. The van der Waals surface area contributed by atoms with E-state index in [2.05, 4.69) is 4.72 Å². The Labute approximate surface area is 180 Å². The molecule has 0 aromatic heterocycles. The Morgan fingerprint density at radius 1 is 1.06 bits per heavy atom. The first kappa shape index (κ1) is 22.5. The first-order valence-corrected chi connectivity index (χ1v) is 12.4. The molecule has 3 aliphatic rings. The van der Waals surface area contributed by atoms with Gasteiger partial charge in [-0.05, 0) is 62.5 Å². The Bertz CT molecular complexity index is 941. The molecule has 1 aromatic rings. The molecule has 4 atom stereocenters. The van der Waals surface area contributed by atoms with Crippen molar-refractivity contribution in [3.63, 3.8) is 0 Å². The molecule has 6 nitrogen and oxygen atoms in total. The summed E-state index contributed by atoms with van der Waals surface area (Å²) < 4.78 is 66.9. The second-order valence-corrected chi connectivity index (χ2v) is 11.1. The molecule has 0 radical (unpaired) electrons. The van der Waals surface area contributed by atoms with Crippen molar-refractivity contribution in [2.75, 3.05) is 6.54 Å². The van der Waals surface area contributed by atoms with Crippen molar-refractivity contribution in [3.8, 4) is 0 Å². The van der Waals surface area contributed by atoms with E-state index in [1.54, 1.807) is 0 Å². The molecule has 1 aliphatic carbocycles. The van der Waals surface area contributed by atoms with Crippen molar-refractivity contribution in [2.45, 2.75) is 74.7 Å². The number of nitrogens with zero attached hydrogens (tertiary/aromatic N) is 1. The molecule has 2 saturated heterocycles. The van der Waals surface area contributed by atoms with E-state index >= 15 is 0 Å². The molecule has 4 rings (SSSR count). The number of piperidine rings is 1. The van der Waals surface area contributed by atoms with Gasteiger partial charge >= 0.3 is 0 Å². The highest BCUT2D eigenvalue weighted by atomic mass is 32.2. The zero-order valence-corrected chi connectivity index (χ0v) is 18.0. The van der Waals surface area contributed by atoms with Gasteiger partial charge in [-0.3, -0.25) is 4.79 Å². The predicted octanol–water partition coefficient (Wildman–Crippen LogP) is 2.22. The second kappa shape index (κ2) is 8.71. The quantitative estimate of drug-likeness (QED) is 0.583. The fourth-order valence-electron chi connectivity index (χ4n) is 5.04. The summed E-state index contributed by atoms with van der Waals surface area (Å²) in [6.07, 6.45) is 4.62. The van der Waals surface area contributed by atoms with Crippen LogP contribution in [0.1, 0.15) is 50.5 Å². The zero-order chi connectivity index (χ0) is 22.3. The minimum Gasteiger partial charge on any atom is -0.337 e. The number of fused-ring (bicyclic) bond motifs is 2. The molecule has 3 N–H and O–H groups in total. The number of halogens is 3. The smallest absolute Gasteiger partial charge is 0.224 e. The van der Waals surface area contributed by atoms with Gasteiger partial charge in [0.05, 0.1) is 5.25 Å². The van der Waals surface area contributed by atoms with Crippen LogP contribution >= 0.6 is 0 Å². The molecule has 2 aliphatic heterocycles. The predicted molar refractivity (Wildman–Crippen MR) is 109 cm³/mol. The van der Waals surface area contributed by atoms with Gasteiger partial charge in [-0.15, -0.1) is 0 Å². The molecule has 3 fully saturated rings. The third-order valence-electron chi connectivity index (χ3n) is 6.81. The van der Waals surface area contributed by atoms with E-state index in [4.69, 9.17) is 5.73 Å². The lowest BCUT2D eigenvalue weighted by Gasteiger charge is -2.41. The van der Waals surface area contributed by atoms with E-state index in [9.17, 15) is 26.4 Å². The zero-order valence-electron chi connectivity index (χ0n) is 17.2. The van der Waals surface area contributed by atoms with Gasteiger partial charge < -0.3 is 10.6 Å². The largest absolute Gasteiger partial charge is 0.337 e. The topological polar surface area (TPSA) is 92.5 Å². The van der Waals surface area contributed by atoms with Crippen LogP contribution in [-0.2, 0) is 21.2 Å². The fraction of sp³-hybridized carbons (Fsp3) is 0.667. The summed E-state index contributed by atoms with van der Waals surface area (Å²) in [7, 11) is -3.30.